The fourth-order valence-electron chi connectivity index (χ4n) is 3.40. The van der Waals surface area contributed by atoms with Gasteiger partial charge in [0.25, 0.3) is 5.91 Å². The van der Waals surface area contributed by atoms with Crippen molar-refractivity contribution in [2.24, 2.45) is 5.41 Å². The molecule has 0 bridgehead atoms. The Morgan fingerprint density at radius 1 is 1.26 bits per heavy atom. The summed E-state index contributed by atoms with van der Waals surface area (Å²) in [7, 11) is 1.72. The largest absolute Gasteiger partial charge is 0.481 e. The Morgan fingerprint density at radius 3 is 2.52 bits per heavy atom. The molecule has 1 atom stereocenters. The molecule has 5 nitrogen and oxygen atoms in total. The first-order chi connectivity index (χ1) is 12.4. The minimum atomic E-state index is -0.530. The Morgan fingerprint density at radius 2 is 1.93 bits per heavy atom. The van der Waals surface area contributed by atoms with Crippen molar-refractivity contribution in [3.05, 3.63) is 29.3 Å². The molecule has 1 amide bonds. The quantitative estimate of drug-likeness (QED) is 0.704. The Bertz CT molecular complexity index is 596. The maximum Gasteiger partial charge on any atom is 0.260 e. The van der Waals surface area contributed by atoms with Crippen LogP contribution in [0.3, 0.4) is 0 Å². The van der Waals surface area contributed by atoms with E-state index in [9.17, 15) is 4.79 Å². The Kier molecular flexibility index (Phi) is 9.57. The zero-order valence-electron chi connectivity index (χ0n) is 17.3. The van der Waals surface area contributed by atoms with Gasteiger partial charge in [-0.1, -0.05) is 26.0 Å². The molecule has 1 aliphatic rings. The van der Waals surface area contributed by atoms with Gasteiger partial charge in [-0.05, 0) is 62.9 Å². The van der Waals surface area contributed by atoms with Crippen molar-refractivity contribution < 1.29 is 14.3 Å². The van der Waals surface area contributed by atoms with Gasteiger partial charge in [-0.3, -0.25) is 4.79 Å². The molecule has 6 heteroatoms. The van der Waals surface area contributed by atoms with Gasteiger partial charge in [0.15, 0.2) is 6.10 Å². The topological polar surface area (TPSA) is 59.6 Å². The molecule has 1 saturated heterocycles. The molecule has 1 aromatic carbocycles. The zero-order valence-corrected chi connectivity index (χ0v) is 18.1. The number of halogens is 1. The van der Waals surface area contributed by atoms with Crippen LogP contribution < -0.4 is 15.4 Å². The fourth-order valence-corrected chi connectivity index (χ4v) is 3.40. The van der Waals surface area contributed by atoms with Crippen LogP contribution in [-0.2, 0) is 9.53 Å². The minimum Gasteiger partial charge on any atom is -0.481 e. The summed E-state index contributed by atoms with van der Waals surface area (Å²) in [5.41, 5.74) is 2.28. The van der Waals surface area contributed by atoms with E-state index in [-0.39, 0.29) is 23.7 Å². The molecule has 27 heavy (non-hydrogen) atoms. The van der Waals surface area contributed by atoms with E-state index >= 15 is 0 Å². The van der Waals surface area contributed by atoms with Gasteiger partial charge in [-0.25, -0.2) is 0 Å². The molecule has 1 unspecified atom stereocenters. The van der Waals surface area contributed by atoms with E-state index in [0.29, 0.717) is 19.1 Å². The highest BCUT2D eigenvalue weighted by Gasteiger charge is 2.33. The van der Waals surface area contributed by atoms with Crippen LogP contribution in [0.5, 0.6) is 5.75 Å². The van der Waals surface area contributed by atoms with Crippen LogP contribution in [0.1, 0.15) is 50.7 Å². The van der Waals surface area contributed by atoms with Crippen LogP contribution in [0.2, 0.25) is 0 Å². The molecule has 0 radical (unpaired) electrons. The van der Waals surface area contributed by atoms with Crippen LogP contribution in [0.25, 0.3) is 0 Å². The van der Waals surface area contributed by atoms with Crippen molar-refractivity contribution in [3.8, 4) is 5.75 Å². The number of hydrogen-bond acceptors (Lipinski definition) is 4. The van der Waals surface area contributed by atoms with Crippen molar-refractivity contribution >= 4 is 18.3 Å². The summed E-state index contributed by atoms with van der Waals surface area (Å²) in [5.74, 6) is 1.14. The number of piperidine rings is 1. The molecule has 0 aliphatic carbocycles. The maximum atomic E-state index is 12.6. The van der Waals surface area contributed by atoms with Crippen molar-refractivity contribution in [2.45, 2.75) is 52.6 Å². The number of carbonyl (C=O) groups excluding carboxylic acids is 1. The Balaban J connectivity index is 0.00000364. The number of aryl methyl sites for hydroxylation is 1. The SMILES string of the molecule is COCC1(CNC(=O)C(C)Oc2cc(C(C)C)ccc2C)CCNCC1.Cl. The molecule has 2 rings (SSSR count). The molecule has 0 aromatic heterocycles. The lowest BCUT2D eigenvalue weighted by Crippen LogP contribution is -2.49. The summed E-state index contributed by atoms with van der Waals surface area (Å²) in [4.78, 5) is 12.6. The molecule has 0 saturated carbocycles. The van der Waals surface area contributed by atoms with Gasteiger partial charge in [0.05, 0.1) is 6.61 Å². The number of benzene rings is 1. The van der Waals surface area contributed by atoms with Crippen molar-refractivity contribution in [1.82, 2.24) is 10.6 Å². The molecule has 1 fully saturated rings. The first kappa shape index (κ1) is 23.7. The van der Waals surface area contributed by atoms with Gasteiger partial charge >= 0.3 is 0 Å². The Hall–Kier alpha value is -1.30. The lowest BCUT2D eigenvalue weighted by Gasteiger charge is -2.37. The number of methoxy groups -OCH3 is 1. The van der Waals surface area contributed by atoms with E-state index in [0.717, 1.165) is 37.2 Å². The molecular formula is C21H35ClN2O3. The summed E-state index contributed by atoms with van der Waals surface area (Å²) in [6, 6.07) is 6.21. The van der Waals surface area contributed by atoms with E-state index in [1.807, 2.05) is 19.9 Å². The first-order valence-electron chi connectivity index (χ1n) is 9.61. The second-order valence-electron chi connectivity index (χ2n) is 7.84. The summed E-state index contributed by atoms with van der Waals surface area (Å²) in [6.07, 6.45) is 1.48. The van der Waals surface area contributed by atoms with Crippen LogP contribution in [0.4, 0.5) is 0 Å². The standard InChI is InChI=1S/C21H34N2O3.ClH/c1-15(2)18-7-6-16(3)19(12-18)26-17(4)20(24)23-13-21(14-25-5)8-10-22-11-9-21;/h6-7,12,15,17,22H,8-11,13-14H2,1-5H3,(H,23,24);1H. The summed E-state index contributed by atoms with van der Waals surface area (Å²) in [5, 5.41) is 6.45. The van der Waals surface area contributed by atoms with Crippen LogP contribution in [0, 0.1) is 12.3 Å². The van der Waals surface area contributed by atoms with E-state index in [4.69, 9.17) is 9.47 Å². The monoisotopic (exact) mass is 398 g/mol. The number of hydrogen-bond donors (Lipinski definition) is 2. The van der Waals surface area contributed by atoms with Crippen molar-refractivity contribution in [1.29, 1.82) is 0 Å². The highest BCUT2D eigenvalue weighted by atomic mass is 35.5. The number of carbonyl (C=O) groups is 1. The third-order valence-corrected chi connectivity index (χ3v) is 5.30. The summed E-state index contributed by atoms with van der Waals surface area (Å²) >= 11 is 0. The second kappa shape index (κ2) is 10.9. The van der Waals surface area contributed by atoms with Crippen LogP contribution >= 0.6 is 12.4 Å². The molecule has 1 heterocycles. The van der Waals surface area contributed by atoms with Gasteiger partial charge in [0, 0.05) is 19.1 Å². The van der Waals surface area contributed by atoms with Crippen LogP contribution in [-0.4, -0.2) is 45.4 Å². The predicted molar refractivity (Wildman–Crippen MR) is 112 cm³/mol. The Labute approximate surface area is 170 Å². The third-order valence-electron chi connectivity index (χ3n) is 5.30. The average Bonchev–Trinajstić information content (AvgIpc) is 2.62. The fraction of sp³-hybridized carbons (Fsp3) is 0.667. The minimum absolute atomic E-state index is 0. The van der Waals surface area contributed by atoms with Gasteiger partial charge in [0.1, 0.15) is 5.75 Å². The third kappa shape index (κ3) is 6.66. The van der Waals surface area contributed by atoms with Crippen molar-refractivity contribution in [3.63, 3.8) is 0 Å². The number of rotatable bonds is 8. The van der Waals surface area contributed by atoms with E-state index in [1.165, 1.54) is 5.56 Å². The second-order valence-corrected chi connectivity index (χ2v) is 7.84. The molecule has 1 aromatic rings. The molecule has 154 valence electrons. The van der Waals surface area contributed by atoms with Gasteiger partial charge in [-0.2, -0.15) is 0 Å². The predicted octanol–water partition coefficient (Wildman–Crippen LogP) is 3.44. The lowest BCUT2D eigenvalue weighted by molar-refractivity contribution is -0.128. The van der Waals surface area contributed by atoms with Gasteiger partial charge in [-0.15, -0.1) is 12.4 Å². The molecule has 0 spiro atoms. The lowest BCUT2D eigenvalue weighted by atomic mass is 9.79. The molecule has 2 N–H and O–H groups in total. The first-order valence-corrected chi connectivity index (χ1v) is 9.61. The van der Waals surface area contributed by atoms with Crippen LogP contribution in [0.15, 0.2) is 18.2 Å². The van der Waals surface area contributed by atoms with Gasteiger partial charge in [0.2, 0.25) is 0 Å². The summed E-state index contributed by atoms with van der Waals surface area (Å²) < 4.78 is 11.4. The average molecular weight is 399 g/mol. The zero-order chi connectivity index (χ0) is 19.2. The van der Waals surface area contributed by atoms with E-state index < -0.39 is 6.10 Å². The number of ether oxygens (including phenoxy) is 2. The van der Waals surface area contributed by atoms with Crippen molar-refractivity contribution in [2.75, 3.05) is 33.4 Å². The molecule has 1 aliphatic heterocycles. The van der Waals surface area contributed by atoms with E-state index in [2.05, 4.69) is 36.6 Å². The molecular weight excluding hydrogens is 364 g/mol. The number of nitrogens with one attached hydrogen (secondary N) is 2. The highest BCUT2D eigenvalue weighted by Crippen LogP contribution is 2.28. The normalized spacial score (nSPS) is 17.1. The highest BCUT2D eigenvalue weighted by molar-refractivity contribution is 5.85. The smallest absolute Gasteiger partial charge is 0.260 e. The van der Waals surface area contributed by atoms with Gasteiger partial charge < -0.3 is 20.1 Å². The number of amides is 1. The summed E-state index contributed by atoms with van der Waals surface area (Å²) in [6.45, 7) is 11.3. The maximum absolute atomic E-state index is 12.6. The van der Waals surface area contributed by atoms with E-state index in [1.54, 1.807) is 7.11 Å².